The smallest absolute Gasteiger partial charge is 0.323 e. The maximum atomic E-state index is 11.4. The molecule has 2 unspecified atom stereocenters. The molecule has 1 N–H and O–H groups in total. The van der Waals surface area contributed by atoms with Crippen LogP contribution >= 0.6 is 11.5 Å². The van der Waals surface area contributed by atoms with Crippen molar-refractivity contribution >= 4 is 11.5 Å². The number of nitrogens with one attached hydrogen (secondary N) is 1. The Labute approximate surface area is 175 Å². The van der Waals surface area contributed by atoms with E-state index < -0.39 is 0 Å². The lowest BCUT2D eigenvalue weighted by Crippen LogP contribution is -2.30. The van der Waals surface area contributed by atoms with E-state index in [-0.39, 0.29) is 4.87 Å². The second kappa shape index (κ2) is 7.64. The van der Waals surface area contributed by atoms with Crippen molar-refractivity contribution in [3.8, 4) is 11.4 Å². The summed E-state index contributed by atoms with van der Waals surface area (Å²) in [4.78, 5) is 16.7. The number of nitrogens with zero attached hydrogens (tertiary/aromatic N) is 2. The zero-order valence-corrected chi connectivity index (χ0v) is 17.4. The van der Waals surface area contributed by atoms with Crippen molar-refractivity contribution in [1.82, 2.24) is 14.3 Å². The van der Waals surface area contributed by atoms with Crippen molar-refractivity contribution in [2.24, 2.45) is 5.92 Å². The number of benzene rings is 2. The van der Waals surface area contributed by atoms with Crippen LogP contribution in [0.4, 0.5) is 0 Å². The number of H-pyrrole nitrogens is 1. The molecule has 2 aromatic carbocycles. The van der Waals surface area contributed by atoms with E-state index in [9.17, 15) is 4.79 Å². The molecule has 4 nitrogen and oxygen atoms in total. The molecule has 0 radical (unpaired) electrons. The molecular formula is C24H25N3OS. The summed E-state index contributed by atoms with van der Waals surface area (Å²) < 4.78 is 4.20. The van der Waals surface area contributed by atoms with Crippen LogP contribution in [-0.4, -0.2) is 20.3 Å². The first-order chi connectivity index (χ1) is 14.2. The number of aromatic amines is 1. The number of rotatable bonds is 5. The van der Waals surface area contributed by atoms with Gasteiger partial charge in [0.25, 0.3) is 0 Å². The number of aromatic nitrogens is 2. The summed E-state index contributed by atoms with van der Waals surface area (Å²) in [5.74, 6) is 1.41. The molecule has 1 aromatic heterocycles. The highest BCUT2D eigenvalue weighted by Crippen LogP contribution is 2.39. The van der Waals surface area contributed by atoms with E-state index in [1.807, 2.05) is 12.1 Å². The Morgan fingerprint density at radius 2 is 1.90 bits per heavy atom. The van der Waals surface area contributed by atoms with Gasteiger partial charge in [0.1, 0.15) is 0 Å². The normalized spacial score (nSPS) is 20.7. The van der Waals surface area contributed by atoms with Crippen molar-refractivity contribution in [1.29, 1.82) is 0 Å². The summed E-state index contributed by atoms with van der Waals surface area (Å²) in [6.07, 6.45) is 7.38. The molecule has 2 aliphatic rings. The molecule has 0 saturated heterocycles. The van der Waals surface area contributed by atoms with Gasteiger partial charge in [-0.15, -0.1) is 0 Å². The molecule has 0 bridgehead atoms. The van der Waals surface area contributed by atoms with Crippen LogP contribution in [0.15, 0.2) is 65.1 Å². The fourth-order valence-corrected chi connectivity index (χ4v) is 5.38. The van der Waals surface area contributed by atoms with Crippen LogP contribution in [-0.2, 0) is 13.0 Å². The maximum absolute atomic E-state index is 11.4. The largest absolute Gasteiger partial charge is 0.367 e. The Hall–Kier alpha value is -2.66. The molecule has 148 valence electrons. The predicted molar refractivity (Wildman–Crippen MR) is 118 cm³/mol. The molecule has 1 fully saturated rings. The van der Waals surface area contributed by atoms with Crippen LogP contribution in [0.25, 0.3) is 11.4 Å². The van der Waals surface area contributed by atoms with E-state index in [0.29, 0.717) is 11.9 Å². The first-order valence-electron chi connectivity index (χ1n) is 10.3. The van der Waals surface area contributed by atoms with E-state index in [4.69, 9.17) is 0 Å². The SMILES string of the molecule is CC1=CC2CCCC2N1Cc1cccc(Cc2cccc(-c3nsc(=O)[nH]3)c2)c1. The molecule has 1 aliphatic heterocycles. The lowest BCUT2D eigenvalue weighted by molar-refractivity contribution is 0.250. The fourth-order valence-electron chi connectivity index (χ4n) is 4.91. The summed E-state index contributed by atoms with van der Waals surface area (Å²) >= 11 is 0.962. The standard InChI is InChI=1S/C24H25N3OS/c1-16-11-20-8-4-10-22(20)27(16)15-19-7-2-5-17(13-19)12-18-6-3-9-21(14-18)23-25-24(28)29-26-23/h2-3,5-7,9,11,13-14,20,22H,4,8,10,12,15H2,1H3,(H,25,26,28). The minimum Gasteiger partial charge on any atom is -0.367 e. The van der Waals surface area contributed by atoms with Gasteiger partial charge in [-0.1, -0.05) is 55.0 Å². The summed E-state index contributed by atoms with van der Waals surface area (Å²) in [5.41, 5.74) is 6.32. The Bertz CT molecular complexity index is 1110. The number of allylic oxidation sites excluding steroid dienone is 1. The zero-order valence-electron chi connectivity index (χ0n) is 16.6. The van der Waals surface area contributed by atoms with Gasteiger partial charge in [-0.3, -0.25) is 9.78 Å². The van der Waals surface area contributed by atoms with E-state index in [1.54, 1.807) is 0 Å². The van der Waals surface area contributed by atoms with Gasteiger partial charge in [0, 0.05) is 35.4 Å². The molecule has 5 rings (SSSR count). The molecule has 29 heavy (non-hydrogen) atoms. The lowest BCUT2D eigenvalue weighted by Gasteiger charge is -2.28. The van der Waals surface area contributed by atoms with Gasteiger partial charge in [-0.2, -0.15) is 4.37 Å². The second-order valence-corrected chi connectivity index (χ2v) is 8.97. The van der Waals surface area contributed by atoms with Gasteiger partial charge in [-0.25, -0.2) is 0 Å². The fraction of sp³-hybridized carbons (Fsp3) is 0.333. The van der Waals surface area contributed by atoms with Crippen LogP contribution < -0.4 is 4.87 Å². The number of fused-ring (bicyclic) bond motifs is 1. The van der Waals surface area contributed by atoms with Gasteiger partial charge in [-0.05, 0) is 54.9 Å². The van der Waals surface area contributed by atoms with Crippen molar-refractivity contribution < 1.29 is 0 Å². The van der Waals surface area contributed by atoms with Gasteiger partial charge in [0.2, 0.25) is 0 Å². The molecule has 0 spiro atoms. The third kappa shape index (κ3) is 3.79. The number of hydrogen-bond acceptors (Lipinski definition) is 4. The van der Waals surface area contributed by atoms with Crippen LogP contribution in [0, 0.1) is 5.92 Å². The summed E-state index contributed by atoms with van der Waals surface area (Å²) in [5, 5.41) is 0. The van der Waals surface area contributed by atoms with Crippen LogP contribution in [0.3, 0.4) is 0 Å². The minimum absolute atomic E-state index is 0.117. The highest BCUT2D eigenvalue weighted by atomic mass is 32.1. The van der Waals surface area contributed by atoms with Crippen LogP contribution in [0.2, 0.25) is 0 Å². The Kier molecular flexibility index (Phi) is 4.84. The Morgan fingerprint density at radius 1 is 1.10 bits per heavy atom. The number of hydrogen-bond donors (Lipinski definition) is 1. The average molecular weight is 404 g/mol. The van der Waals surface area contributed by atoms with Gasteiger partial charge in [0.15, 0.2) is 5.82 Å². The molecule has 5 heteroatoms. The van der Waals surface area contributed by atoms with Crippen molar-refractivity contribution in [3.63, 3.8) is 0 Å². The third-order valence-corrected chi connectivity index (χ3v) is 6.78. The quantitative estimate of drug-likeness (QED) is 0.654. The minimum atomic E-state index is -0.117. The molecule has 2 atom stereocenters. The predicted octanol–water partition coefficient (Wildman–Crippen LogP) is 4.98. The van der Waals surface area contributed by atoms with E-state index in [0.717, 1.165) is 36.0 Å². The topological polar surface area (TPSA) is 49.0 Å². The molecule has 0 amide bonds. The molecule has 2 heterocycles. The van der Waals surface area contributed by atoms with Crippen LogP contribution in [0.5, 0.6) is 0 Å². The van der Waals surface area contributed by atoms with Crippen LogP contribution in [0.1, 0.15) is 42.9 Å². The second-order valence-electron chi connectivity index (χ2n) is 8.24. The van der Waals surface area contributed by atoms with Gasteiger partial charge < -0.3 is 4.90 Å². The van der Waals surface area contributed by atoms with E-state index >= 15 is 0 Å². The van der Waals surface area contributed by atoms with Gasteiger partial charge >= 0.3 is 4.87 Å². The molecular weight excluding hydrogens is 378 g/mol. The van der Waals surface area contributed by atoms with E-state index in [1.165, 1.54) is 41.6 Å². The zero-order chi connectivity index (χ0) is 19.8. The summed E-state index contributed by atoms with van der Waals surface area (Å²) in [7, 11) is 0. The average Bonchev–Trinajstić information content (AvgIpc) is 3.41. The highest BCUT2D eigenvalue weighted by Gasteiger charge is 2.35. The van der Waals surface area contributed by atoms with Crippen molar-refractivity contribution in [3.05, 3.63) is 86.7 Å². The first kappa shape index (κ1) is 18.4. The van der Waals surface area contributed by atoms with Crippen molar-refractivity contribution in [2.75, 3.05) is 0 Å². The Morgan fingerprint density at radius 3 is 2.72 bits per heavy atom. The first-order valence-corrected chi connectivity index (χ1v) is 11.1. The van der Waals surface area contributed by atoms with Crippen molar-refractivity contribution in [2.45, 2.75) is 45.2 Å². The maximum Gasteiger partial charge on any atom is 0.323 e. The molecule has 1 aliphatic carbocycles. The molecule has 1 saturated carbocycles. The molecule has 3 aromatic rings. The summed E-state index contributed by atoms with van der Waals surface area (Å²) in [6.45, 7) is 3.26. The summed E-state index contributed by atoms with van der Waals surface area (Å²) in [6, 6.07) is 17.9. The monoisotopic (exact) mass is 403 g/mol. The highest BCUT2D eigenvalue weighted by molar-refractivity contribution is 7.03. The lowest BCUT2D eigenvalue weighted by atomic mass is 10.0. The third-order valence-electron chi connectivity index (χ3n) is 6.23. The van der Waals surface area contributed by atoms with E-state index in [2.05, 4.69) is 63.7 Å². The Balaban J connectivity index is 1.33. The van der Waals surface area contributed by atoms with Gasteiger partial charge in [0.05, 0.1) is 0 Å².